The van der Waals surface area contributed by atoms with Crippen molar-refractivity contribution in [1.82, 2.24) is 9.78 Å². The smallest absolute Gasteiger partial charge is 0.276 e. The Morgan fingerprint density at radius 2 is 2.03 bits per heavy atom. The average molecular weight is 410 g/mol. The second-order valence-electron chi connectivity index (χ2n) is 6.81. The molecule has 0 aliphatic carbocycles. The number of amides is 1. The number of methoxy groups -OCH3 is 1. The maximum Gasteiger partial charge on any atom is 0.276 e. The third-order valence-corrected chi connectivity index (χ3v) is 5.93. The molecule has 0 saturated carbocycles. The summed E-state index contributed by atoms with van der Waals surface area (Å²) in [6.45, 7) is 2.55. The molecule has 8 heteroatoms. The Hall–Kier alpha value is -2.97. The highest BCUT2D eigenvalue weighted by molar-refractivity contribution is 7.10. The number of nitrogens with one attached hydrogen (secondary N) is 1. The van der Waals surface area contributed by atoms with E-state index in [1.807, 2.05) is 35.6 Å². The van der Waals surface area contributed by atoms with Crippen LogP contribution < -0.4 is 15.8 Å². The van der Waals surface area contributed by atoms with Crippen molar-refractivity contribution in [3.63, 3.8) is 0 Å². The standard InChI is InChI=1S/C21H22N4O3S/c1-28-12-11-25-20(26)7-6-18(23-25)21(27)22-16-2-4-17(5-3-16)24-10-8-19-15(14-24)9-13-29-19/h2-7,9,13H,8,10-12,14H2,1H3,(H,22,27). The van der Waals surface area contributed by atoms with Crippen LogP contribution in [0.3, 0.4) is 0 Å². The van der Waals surface area contributed by atoms with Crippen molar-refractivity contribution in [3.05, 3.63) is 74.3 Å². The molecule has 1 aliphatic heterocycles. The number of carbonyl (C=O) groups is 1. The van der Waals surface area contributed by atoms with Crippen LogP contribution in [0.5, 0.6) is 0 Å². The molecule has 0 bridgehead atoms. The van der Waals surface area contributed by atoms with Gasteiger partial charge in [-0.3, -0.25) is 9.59 Å². The Labute approximate surface area is 172 Å². The number of nitrogens with zero attached hydrogens (tertiary/aromatic N) is 3. The second-order valence-corrected chi connectivity index (χ2v) is 7.81. The lowest BCUT2D eigenvalue weighted by molar-refractivity contribution is 0.101. The second kappa shape index (κ2) is 8.59. The van der Waals surface area contributed by atoms with Crippen LogP contribution in [0.4, 0.5) is 11.4 Å². The molecule has 0 radical (unpaired) electrons. The maximum absolute atomic E-state index is 12.5. The molecule has 1 amide bonds. The minimum atomic E-state index is -0.357. The van der Waals surface area contributed by atoms with Crippen LogP contribution in [0.1, 0.15) is 20.9 Å². The number of rotatable bonds is 6. The summed E-state index contributed by atoms with van der Waals surface area (Å²) in [5.74, 6) is -0.357. The van der Waals surface area contributed by atoms with Crippen LogP contribution in [0.2, 0.25) is 0 Å². The van der Waals surface area contributed by atoms with Crippen LogP contribution in [-0.2, 0) is 24.2 Å². The van der Waals surface area contributed by atoms with E-state index in [1.165, 1.54) is 27.3 Å². The number of fused-ring (bicyclic) bond motifs is 1. The predicted octanol–water partition coefficient (Wildman–Crippen LogP) is 2.77. The first kappa shape index (κ1) is 19.4. The van der Waals surface area contributed by atoms with Gasteiger partial charge < -0.3 is 15.0 Å². The molecule has 0 fully saturated rings. The van der Waals surface area contributed by atoms with Gasteiger partial charge in [-0.1, -0.05) is 0 Å². The van der Waals surface area contributed by atoms with Crippen molar-refractivity contribution in [2.75, 3.05) is 30.5 Å². The molecule has 0 spiro atoms. The van der Waals surface area contributed by atoms with Crippen molar-refractivity contribution in [2.45, 2.75) is 19.5 Å². The van der Waals surface area contributed by atoms with E-state index in [4.69, 9.17) is 4.74 Å². The van der Waals surface area contributed by atoms with Gasteiger partial charge in [-0.2, -0.15) is 5.10 Å². The molecule has 1 aliphatic rings. The normalized spacial score (nSPS) is 13.2. The Kier molecular flexibility index (Phi) is 5.73. The van der Waals surface area contributed by atoms with E-state index in [2.05, 4.69) is 26.8 Å². The van der Waals surface area contributed by atoms with Gasteiger partial charge in [-0.25, -0.2) is 4.68 Å². The summed E-state index contributed by atoms with van der Waals surface area (Å²) in [5, 5.41) is 9.11. The highest BCUT2D eigenvalue weighted by Gasteiger charge is 2.17. The summed E-state index contributed by atoms with van der Waals surface area (Å²) in [4.78, 5) is 28.1. The number of benzene rings is 1. The molecule has 7 nitrogen and oxygen atoms in total. The first-order valence-corrected chi connectivity index (χ1v) is 10.3. The molecule has 0 saturated heterocycles. The molecule has 2 aromatic heterocycles. The summed E-state index contributed by atoms with van der Waals surface area (Å²) in [7, 11) is 1.55. The monoisotopic (exact) mass is 410 g/mol. The molecular weight excluding hydrogens is 388 g/mol. The zero-order valence-electron chi connectivity index (χ0n) is 16.1. The van der Waals surface area contributed by atoms with Crippen molar-refractivity contribution < 1.29 is 9.53 Å². The molecule has 4 rings (SSSR count). The molecular formula is C21H22N4O3S. The number of thiophene rings is 1. The van der Waals surface area contributed by atoms with E-state index in [1.54, 1.807) is 7.11 Å². The molecule has 150 valence electrons. The van der Waals surface area contributed by atoms with Crippen molar-refractivity contribution in [3.8, 4) is 0 Å². The van der Waals surface area contributed by atoms with Gasteiger partial charge >= 0.3 is 0 Å². The fourth-order valence-electron chi connectivity index (χ4n) is 3.33. The largest absolute Gasteiger partial charge is 0.383 e. The lowest BCUT2D eigenvalue weighted by Gasteiger charge is -2.29. The van der Waals surface area contributed by atoms with E-state index >= 15 is 0 Å². The van der Waals surface area contributed by atoms with Gasteiger partial charge in [-0.05, 0) is 53.8 Å². The molecule has 0 unspecified atom stereocenters. The van der Waals surface area contributed by atoms with E-state index in [0.717, 1.165) is 25.2 Å². The van der Waals surface area contributed by atoms with Crippen LogP contribution >= 0.6 is 11.3 Å². The quantitative estimate of drug-likeness (QED) is 0.676. The third-order valence-electron chi connectivity index (χ3n) is 4.90. The van der Waals surface area contributed by atoms with Gasteiger partial charge in [-0.15, -0.1) is 11.3 Å². The summed E-state index contributed by atoms with van der Waals surface area (Å²) < 4.78 is 6.20. The van der Waals surface area contributed by atoms with E-state index in [0.29, 0.717) is 18.8 Å². The highest BCUT2D eigenvalue weighted by atomic mass is 32.1. The van der Waals surface area contributed by atoms with Crippen molar-refractivity contribution in [1.29, 1.82) is 0 Å². The van der Waals surface area contributed by atoms with Crippen LogP contribution in [0.25, 0.3) is 0 Å². The van der Waals surface area contributed by atoms with Crippen molar-refractivity contribution in [2.24, 2.45) is 0 Å². The van der Waals surface area contributed by atoms with Gasteiger partial charge in [0.15, 0.2) is 0 Å². The molecule has 1 N–H and O–H groups in total. The Bertz CT molecular complexity index is 1060. The number of anilines is 2. The van der Waals surface area contributed by atoms with E-state index in [-0.39, 0.29) is 17.2 Å². The summed E-state index contributed by atoms with van der Waals surface area (Å²) in [6.07, 6.45) is 1.07. The molecule has 29 heavy (non-hydrogen) atoms. The number of aromatic nitrogens is 2. The maximum atomic E-state index is 12.5. The SMILES string of the molecule is COCCn1nc(C(=O)Nc2ccc(N3CCc4sccc4C3)cc2)ccc1=O. The average Bonchev–Trinajstić information content (AvgIpc) is 3.21. The Balaban J connectivity index is 1.42. The van der Waals surface area contributed by atoms with Gasteiger partial charge in [0.2, 0.25) is 0 Å². The predicted molar refractivity (Wildman–Crippen MR) is 114 cm³/mol. The lowest BCUT2D eigenvalue weighted by Crippen LogP contribution is -2.29. The number of carbonyl (C=O) groups excluding carboxylic acids is 1. The lowest BCUT2D eigenvalue weighted by atomic mass is 10.1. The topological polar surface area (TPSA) is 76.5 Å². The zero-order chi connectivity index (χ0) is 20.2. The van der Waals surface area contributed by atoms with Crippen LogP contribution in [0, 0.1) is 0 Å². The Morgan fingerprint density at radius 3 is 2.83 bits per heavy atom. The fraction of sp³-hybridized carbons (Fsp3) is 0.286. The minimum absolute atomic E-state index is 0.186. The highest BCUT2D eigenvalue weighted by Crippen LogP contribution is 2.28. The van der Waals surface area contributed by atoms with E-state index in [9.17, 15) is 9.59 Å². The molecule has 3 heterocycles. The summed E-state index contributed by atoms with van der Waals surface area (Å²) >= 11 is 1.83. The van der Waals surface area contributed by atoms with Crippen LogP contribution in [-0.4, -0.2) is 35.9 Å². The molecule has 0 atom stereocenters. The van der Waals surface area contributed by atoms with E-state index < -0.39 is 0 Å². The first-order chi connectivity index (χ1) is 14.1. The van der Waals surface area contributed by atoms with Gasteiger partial charge in [0, 0.05) is 42.5 Å². The Morgan fingerprint density at radius 1 is 1.21 bits per heavy atom. The van der Waals surface area contributed by atoms with Crippen LogP contribution in [0.15, 0.2) is 52.6 Å². The van der Waals surface area contributed by atoms with Gasteiger partial charge in [0.1, 0.15) is 5.69 Å². The first-order valence-electron chi connectivity index (χ1n) is 9.43. The zero-order valence-corrected chi connectivity index (χ0v) is 16.9. The van der Waals surface area contributed by atoms with Gasteiger partial charge in [0.05, 0.1) is 13.2 Å². The molecule has 3 aromatic rings. The fourth-order valence-corrected chi connectivity index (χ4v) is 4.22. The number of hydrogen-bond donors (Lipinski definition) is 1. The number of hydrogen-bond acceptors (Lipinski definition) is 6. The third kappa shape index (κ3) is 4.38. The van der Waals surface area contributed by atoms with Crippen molar-refractivity contribution >= 4 is 28.6 Å². The minimum Gasteiger partial charge on any atom is -0.383 e. The van der Waals surface area contributed by atoms with Gasteiger partial charge in [0.25, 0.3) is 11.5 Å². The number of ether oxygens (including phenoxy) is 1. The summed E-state index contributed by atoms with van der Waals surface area (Å²) in [6, 6.07) is 12.8. The summed E-state index contributed by atoms with van der Waals surface area (Å²) in [5.41, 5.74) is 3.13. The molecule has 1 aromatic carbocycles.